The smallest absolute Gasteiger partial charge is 0.146 e. The number of thiocarbonyl (C=S) groups is 1. The number of carbonyl (C=O) groups excluding carboxylic acids is 1. The Hall–Kier alpha value is -1.39. The molecule has 0 aliphatic heterocycles. The maximum atomic E-state index is 11.1. The maximum Gasteiger partial charge on any atom is 0.146 e. The molecule has 6 nitrogen and oxygen atoms in total. The molecule has 2 aliphatic rings. The second-order valence-electron chi connectivity index (χ2n) is 7.89. The highest BCUT2D eigenvalue weighted by Crippen LogP contribution is 2.33. The molecule has 0 spiro atoms. The molecule has 2 saturated carbocycles. The summed E-state index contributed by atoms with van der Waals surface area (Å²) < 4.78 is 0. The number of carbonyl (C=O) groups is 1. The summed E-state index contributed by atoms with van der Waals surface area (Å²) in [5.41, 5.74) is 6.15. The number of Topliss-reactive ketones (excluding diaryl/α,β-unsaturated/α-hetero) is 1. The molecule has 33 heavy (non-hydrogen) atoms. The van der Waals surface area contributed by atoms with E-state index in [1.165, 1.54) is 57.1 Å². The Balaban J connectivity index is 0.000000472. The van der Waals surface area contributed by atoms with Gasteiger partial charge < -0.3 is 10.8 Å². The molecule has 2 aliphatic carbocycles. The molecule has 9 heteroatoms. The highest BCUT2D eigenvalue weighted by atomic mass is 79.9. The molecule has 0 amide bonds. The van der Waals surface area contributed by atoms with Gasteiger partial charge in [-0.05, 0) is 32.6 Å². The largest absolute Gasteiger partial charge is 0.397 e. The number of nitriles is 2. The van der Waals surface area contributed by atoms with E-state index in [4.69, 9.17) is 21.4 Å². The molecule has 3 rings (SSSR count). The number of aliphatic hydroxyl groups is 1. The number of thiazole rings is 1. The first-order valence-corrected chi connectivity index (χ1v) is 14.0. The predicted molar refractivity (Wildman–Crippen MR) is 142 cm³/mol. The molecular formula is C24H37BrN4O2S2. The van der Waals surface area contributed by atoms with Gasteiger partial charge in [0.15, 0.2) is 0 Å². The molecule has 1 aromatic heterocycles. The summed E-state index contributed by atoms with van der Waals surface area (Å²) in [6.45, 7) is 1.93. The zero-order valence-corrected chi connectivity index (χ0v) is 22.8. The fourth-order valence-electron chi connectivity index (χ4n) is 3.67. The first kappa shape index (κ1) is 31.6. The van der Waals surface area contributed by atoms with Crippen molar-refractivity contribution < 1.29 is 9.90 Å². The molecule has 184 valence electrons. The normalized spacial score (nSPS) is 15.7. The van der Waals surface area contributed by atoms with Crippen LogP contribution in [0.15, 0.2) is 5.38 Å². The van der Waals surface area contributed by atoms with E-state index >= 15 is 0 Å². The van der Waals surface area contributed by atoms with Gasteiger partial charge in [0.05, 0.1) is 41.0 Å². The average molecular weight is 558 g/mol. The molecular weight excluding hydrogens is 520 g/mol. The summed E-state index contributed by atoms with van der Waals surface area (Å²) >= 11 is 9.18. The van der Waals surface area contributed by atoms with Crippen molar-refractivity contribution in [3.05, 3.63) is 16.1 Å². The maximum absolute atomic E-state index is 11.1. The Bertz CT molecular complexity index is 746. The summed E-state index contributed by atoms with van der Waals surface area (Å²) in [6.07, 6.45) is 13.4. The van der Waals surface area contributed by atoms with Crippen LogP contribution in [0.25, 0.3) is 0 Å². The van der Waals surface area contributed by atoms with Crippen LogP contribution in [0, 0.1) is 28.6 Å². The number of ketones is 1. The van der Waals surface area contributed by atoms with Crippen LogP contribution in [-0.4, -0.2) is 32.8 Å². The Morgan fingerprint density at radius 2 is 1.73 bits per heavy atom. The summed E-state index contributed by atoms with van der Waals surface area (Å²) in [4.78, 5) is 15.9. The number of alkyl halides is 1. The Kier molecular flexibility index (Phi) is 20.3. The van der Waals surface area contributed by atoms with Crippen molar-refractivity contribution >= 4 is 50.3 Å². The van der Waals surface area contributed by atoms with Crippen LogP contribution in [0.1, 0.15) is 94.2 Å². The molecule has 0 atom stereocenters. The molecule has 1 aromatic rings. The summed E-state index contributed by atoms with van der Waals surface area (Å²) in [5, 5.41) is 27.6. The van der Waals surface area contributed by atoms with Crippen molar-refractivity contribution in [1.82, 2.24) is 4.98 Å². The van der Waals surface area contributed by atoms with Crippen molar-refractivity contribution in [3.8, 4) is 12.1 Å². The third-order valence-corrected chi connectivity index (χ3v) is 6.83. The number of hydrogen-bond donors (Lipinski definition) is 2. The van der Waals surface area contributed by atoms with Crippen molar-refractivity contribution in [2.45, 2.75) is 89.9 Å². The summed E-state index contributed by atoms with van der Waals surface area (Å²) in [5.74, 6) is 1.46. The minimum atomic E-state index is 0.190. The number of hydrogen-bond acceptors (Lipinski definition) is 7. The number of aliphatic hydroxyl groups excluding tert-OH is 1. The topological polar surface area (TPSA) is 124 Å². The second kappa shape index (κ2) is 21.2. The van der Waals surface area contributed by atoms with Crippen LogP contribution in [-0.2, 0) is 11.2 Å². The van der Waals surface area contributed by atoms with Crippen LogP contribution in [0.3, 0.4) is 0 Å². The van der Waals surface area contributed by atoms with Crippen LogP contribution in [0.2, 0.25) is 0 Å². The first-order valence-electron chi connectivity index (χ1n) is 11.6. The lowest BCUT2D eigenvalue weighted by Crippen LogP contribution is -2.18. The Labute approximate surface area is 216 Å². The zero-order valence-electron chi connectivity index (χ0n) is 19.6. The number of aromatic nitrogens is 1. The van der Waals surface area contributed by atoms with E-state index in [0.29, 0.717) is 29.4 Å². The quantitative estimate of drug-likeness (QED) is 0.338. The third-order valence-electron chi connectivity index (χ3n) is 5.27. The van der Waals surface area contributed by atoms with Gasteiger partial charge in [-0.25, -0.2) is 4.98 Å². The fraction of sp³-hybridized carbons (Fsp3) is 0.708. The minimum absolute atomic E-state index is 0.190. The van der Waals surface area contributed by atoms with E-state index in [1.807, 2.05) is 0 Å². The Morgan fingerprint density at radius 3 is 2.15 bits per heavy atom. The standard InChI is InChI=1S/C11H14N2S.C8H13BrO.C3H4N2S.C2H6O/c12-7-6-11-13-10(8-14-11)9-4-2-1-3-5-9;9-6-8(10)7-4-2-1-3-5-7;4-2-1-3(5)6;1-2-3/h8-9H,1-6H2;7H,1-6H2;1H2,(H2,5,6);3H,2H2,1H3. The van der Waals surface area contributed by atoms with E-state index in [9.17, 15) is 4.79 Å². The summed E-state index contributed by atoms with van der Waals surface area (Å²) in [6, 6.07) is 3.95. The molecule has 3 N–H and O–H groups in total. The second-order valence-corrected chi connectivity index (χ2v) is 9.92. The lowest BCUT2D eigenvalue weighted by Gasteiger charge is -2.19. The van der Waals surface area contributed by atoms with Crippen molar-refractivity contribution in [3.63, 3.8) is 0 Å². The highest BCUT2D eigenvalue weighted by Gasteiger charge is 2.19. The van der Waals surface area contributed by atoms with Gasteiger partial charge in [-0.3, -0.25) is 4.79 Å². The fourth-order valence-corrected chi connectivity index (χ4v) is 5.00. The van der Waals surface area contributed by atoms with Gasteiger partial charge in [0.2, 0.25) is 0 Å². The lowest BCUT2D eigenvalue weighted by molar-refractivity contribution is -0.121. The number of nitrogens with zero attached hydrogens (tertiary/aromatic N) is 3. The van der Waals surface area contributed by atoms with E-state index in [-0.39, 0.29) is 18.0 Å². The molecule has 0 unspecified atom stereocenters. The van der Waals surface area contributed by atoms with Crippen molar-refractivity contribution in [2.24, 2.45) is 11.7 Å². The van der Waals surface area contributed by atoms with Crippen LogP contribution in [0.4, 0.5) is 0 Å². The third kappa shape index (κ3) is 16.0. The molecule has 0 radical (unpaired) electrons. The Morgan fingerprint density at radius 1 is 1.18 bits per heavy atom. The lowest BCUT2D eigenvalue weighted by atomic mass is 9.87. The summed E-state index contributed by atoms with van der Waals surface area (Å²) in [7, 11) is 0. The van der Waals surface area contributed by atoms with Gasteiger partial charge in [0.1, 0.15) is 10.8 Å². The number of nitrogens with two attached hydrogens (primary N) is 1. The minimum Gasteiger partial charge on any atom is -0.397 e. The van der Waals surface area contributed by atoms with E-state index < -0.39 is 0 Å². The van der Waals surface area contributed by atoms with E-state index in [0.717, 1.165) is 17.8 Å². The predicted octanol–water partition coefficient (Wildman–Crippen LogP) is 5.97. The SMILES string of the molecule is CCO.N#CCC(N)=S.N#CCc1nc(C2CCCCC2)cs1.O=C(CBr)C1CCCCC1. The van der Waals surface area contributed by atoms with E-state index in [1.54, 1.807) is 24.3 Å². The van der Waals surface area contributed by atoms with Crippen LogP contribution >= 0.6 is 39.5 Å². The molecule has 0 saturated heterocycles. The monoisotopic (exact) mass is 556 g/mol. The van der Waals surface area contributed by atoms with Gasteiger partial charge in [0.25, 0.3) is 0 Å². The number of rotatable bonds is 5. The van der Waals surface area contributed by atoms with Gasteiger partial charge in [-0.1, -0.05) is 66.7 Å². The van der Waals surface area contributed by atoms with Crippen molar-refractivity contribution in [1.29, 1.82) is 10.5 Å². The number of halogens is 1. The van der Waals surface area contributed by atoms with E-state index in [2.05, 4.69) is 44.6 Å². The van der Waals surface area contributed by atoms with Crippen LogP contribution in [0.5, 0.6) is 0 Å². The van der Waals surface area contributed by atoms with Gasteiger partial charge >= 0.3 is 0 Å². The zero-order chi connectivity index (χ0) is 24.9. The van der Waals surface area contributed by atoms with Gasteiger partial charge in [0, 0.05) is 23.8 Å². The molecule has 0 aromatic carbocycles. The molecule has 2 fully saturated rings. The van der Waals surface area contributed by atoms with Crippen LogP contribution < -0.4 is 5.73 Å². The highest BCUT2D eigenvalue weighted by molar-refractivity contribution is 9.09. The average Bonchev–Trinajstić information content (AvgIpc) is 3.30. The first-order chi connectivity index (χ1) is 15.9. The molecule has 1 heterocycles. The van der Waals surface area contributed by atoms with Gasteiger partial charge in [-0.2, -0.15) is 10.5 Å². The van der Waals surface area contributed by atoms with Gasteiger partial charge in [-0.15, -0.1) is 11.3 Å². The molecule has 0 bridgehead atoms. The van der Waals surface area contributed by atoms with Crippen molar-refractivity contribution in [2.75, 3.05) is 11.9 Å².